The monoisotopic (exact) mass is 236 g/mol. The van der Waals surface area contributed by atoms with Gasteiger partial charge in [-0.15, -0.1) is 0 Å². The predicted molar refractivity (Wildman–Crippen MR) is 66.8 cm³/mol. The number of aliphatic hydroxyl groups is 1. The molecule has 1 atom stereocenters. The van der Waals surface area contributed by atoms with E-state index in [9.17, 15) is 4.79 Å². The molecule has 0 aromatic carbocycles. The SMILES string of the molecule is CCC(C)(CCO)NC(=O)c1ccnc(C)c1. The highest BCUT2D eigenvalue weighted by molar-refractivity contribution is 5.94. The molecule has 17 heavy (non-hydrogen) atoms. The summed E-state index contributed by atoms with van der Waals surface area (Å²) in [4.78, 5) is 16.1. The van der Waals surface area contributed by atoms with Gasteiger partial charge in [0.15, 0.2) is 0 Å². The maximum atomic E-state index is 12.0. The van der Waals surface area contributed by atoms with Crippen LogP contribution in [0.2, 0.25) is 0 Å². The highest BCUT2D eigenvalue weighted by Gasteiger charge is 2.24. The van der Waals surface area contributed by atoms with Crippen molar-refractivity contribution in [2.24, 2.45) is 0 Å². The molecule has 4 nitrogen and oxygen atoms in total. The first-order chi connectivity index (χ1) is 8.00. The van der Waals surface area contributed by atoms with Gasteiger partial charge in [-0.1, -0.05) is 6.92 Å². The van der Waals surface area contributed by atoms with Gasteiger partial charge in [-0.25, -0.2) is 0 Å². The van der Waals surface area contributed by atoms with E-state index in [2.05, 4.69) is 10.3 Å². The average molecular weight is 236 g/mol. The minimum atomic E-state index is -0.358. The van der Waals surface area contributed by atoms with Gasteiger partial charge < -0.3 is 10.4 Å². The molecule has 94 valence electrons. The second-order valence-electron chi connectivity index (χ2n) is 4.53. The van der Waals surface area contributed by atoms with Crippen LogP contribution < -0.4 is 5.32 Å². The summed E-state index contributed by atoms with van der Waals surface area (Å²) >= 11 is 0. The summed E-state index contributed by atoms with van der Waals surface area (Å²) in [5.41, 5.74) is 1.07. The fraction of sp³-hybridized carbons (Fsp3) is 0.538. The van der Waals surface area contributed by atoms with Gasteiger partial charge in [-0.05, 0) is 38.8 Å². The summed E-state index contributed by atoms with van der Waals surface area (Å²) in [6.07, 6.45) is 2.96. The number of carbonyl (C=O) groups excluding carboxylic acids is 1. The molecule has 0 saturated heterocycles. The number of nitrogens with zero attached hydrogens (tertiary/aromatic N) is 1. The van der Waals surface area contributed by atoms with E-state index >= 15 is 0 Å². The van der Waals surface area contributed by atoms with Crippen molar-refractivity contribution in [3.05, 3.63) is 29.6 Å². The van der Waals surface area contributed by atoms with Gasteiger partial charge in [-0.2, -0.15) is 0 Å². The third-order valence-corrected chi connectivity index (χ3v) is 3.02. The summed E-state index contributed by atoms with van der Waals surface area (Å²) in [6.45, 7) is 5.85. The minimum Gasteiger partial charge on any atom is -0.396 e. The molecule has 1 heterocycles. The Labute approximate surface area is 102 Å². The summed E-state index contributed by atoms with van der Waals surface area (Å²) in [6, 6.07) is 3.45. The van der Waals surface area contributed by atoms with Crippen LogP contribution in [-0.2, 0) is 0 Å². The van der Waals surface area contributed by atoms with Gasteiger partial charge >= 0.3 is 0 Å². The van der Waals surface area contributed by atoms with Crippen LogP contribution in [0.25, 0.3) is 0 Å². The molecule has 2 N–H and O–H groups in total. The molecule has 0 bridgehead atoms. The van der Waals surface area contributed by atoms with Gasteiger partial charge in [0.1, 0.15) is 0 Å². The van der Waals surface area contributed by atoms with E-state index in [4.69, 9.17) is 5.11 Å². The molecule has 0 aliphatic carbocycles. The molecule has 1 rings (SSSR count). The smallest absolute Gasteiger partial charge is 0.251 e. The molecule has 1 aromatic rings. The predicted octanol–water partition coefficient (Wildman–Crippen LogP) is 1.67. The van der Waals surface area contributed by atoms with Crippen molar-refractivity contribution in [1.82, 2.24) is 10.3 Å². The number of aliphatic hydroxyl groups excluding tert-OH is 1. The zero-order valence-electron chi connectivity index (χ0n) is 10.7. The number of carbonyl (C=O) groups is 1. The number of amides is 1. The van der Waals surface area contributed by atoms with Crippen LogP contribution in [0.1, 0.15) is 42.7 Å². The summed E-state index contributed by atoms with van der Waals surface area (Å²) in [5, 5.41) is 12.0. The van der Waals surface area contributed by atoms with Crippen LogP contribution in [0.3, 0.4) is 0 Å². The highest BCUT2D eigenvalue weighted by atomic mass is 16.3. The molecular weight excluding hydrogens is 216 g/mol. The van der Waals surface area contributed by atoms with Crippen LogP contribution in [0, 0.1) is 6.92 Å². The fourth-order valence-electron chi connectivity index (χ4n) is 1.61. The lowest BCUT2D eigenvalue weighted by molar-refractivity contribution is 0.0886. The van der Waals surface area contributed by atoms with Crippen LogP contribution in [0.15, 0.2) is 18.3 Å². The van der Waals surface area contributed by atoms with Gasteiger partial charge in [0.05, 0.1) is 0 Å². The Morgan fingerprint density at radius 1 is 1.59 bits per heavy atom. The van der Waals surface area contributed by atoms with Crippen LogP contribution in [0.5, 0.6) is 0 Å². The van der Waals surface area contributed by atoms with E-state index in [1.165, 1.54) is 0 Å². The highest BCUT2D eigenvalue weighted by Crippen LogP contribution is 2.15. The first-order valence-corrected chi connectivity index (χ1v) is 5.87. The van der Waals surface area contributed by atoms with Crippen LogP contribution >= 0.6 is 0 Å². The third kappa shape index (κ3) is 3.82. The number of aryl methyl sites for hydroxylation is 1. The van der Waals surface area contributed by atoms with Crippen molar-refractivity contribution in [1.29, 1.82) is 0 Å². The van der Waals surface area contributed by atoms with E-state index in [0.717, 1.165) is 12.1 Å². The third-order valence-electron chi connectivity index (χ3n) is 3.02. The van der Waals surface area contributed by atoms with E-state index < -0.39 is 0 Å². The summed E-state index contributed by atoms with van der Waals surface area (Å²) in [5.74, 6) is -0.117. The largest absolute Gasteiger partial charge is 0.396 e. The standard InChI is InChI=1S/C13H20N2O2/c1-4-13(3,6-8-16)15-12(17)11-5-7-14-10(2)9-11/h5,7,9,16H,4,6,8H2,1-3H3,(H,15,17). The lowest BCUT2D eigenvalue weighted by atomic mass is 9.94. The summed E-state index contributed by atoms with van der Waals surface area (Å²) in [7, 11) is 0. The topological polar surface area (TPSA) is 62.2 Å². The number of pyridine rings is 1. The molecule has 0 radical (unpaired) electrons. The van der Waals surface area contributed by atoms with E-state index in [-0.39, 0.29) is 18.1 Å². The molecule has 0 spiro atoms. The second-order valence-corrected chi connectivity index (χ2v) is 4.53. The Kier molecular flexibility index (Phi) is 4.63. The average Bonchev–Trinajstić information content (AvgIpc) is 2.29. The molecule has 0 fully saturated rings. The normalized spacial score (nSPS) is 14.1. The van der Waals surface area contributed by atoms with E-state index in [1.54, 1.807) is 18.3 Å². The van der Waals surface area contributed by atoms with Crippen molar-refractivity contribution in [3.63, 3.8) is 0 Å². The summed E-state index contributed by atoms with van der Waals surface area (Å²) < 4.78 is 0. The van der Waals surface area contributed by atoms with E-state index in [0.29, 0.717) is 12.0 Å². The van der Waals surface area contributed by atoms with Gasteiger partial charge in [-0.3, -0.25) is 9.78 Å². The van der Waals surface area contributed by atoms with Crippen molar-refractivity contribution < 1.29 is 9.90 Å². The maximum Gasteiger partial charge on any atom is 0.251 e. The maximum absolute atomic E-state index is 12.0. The quantitative estimate of drug-likeness (QED) is 0.817. The fourth-order valence-corrected chi connectivity index (χ4v) is 1.61. The number of hydrogen-bond donors (Lipinski definition) is 2. The van der Waals surface area contributed by atoms with Crippen molar-refractivity contribution in [2.45, 2.75) is 39.2 Å². The molecule has 0 saturated carbocycles. The number of hydrogen-bond acceptors (Lipinski definition) is 3. The minimum absolute atomic E-state index is 0.0694. The molecule has 1 aromatic heterocycles. The Morgan fingerprint density at radius 3 is 2.82 bits per heavy atom. The van der Waals surface area contributed by atoms with Crippen molar-refractivity contribution >= 4 is 5.91 Å². The second kappa shape index (κ2) is 5.77. The number of rotatable bonds is 5. The lowest BCUT2D eigenvalue weighted by Gasteiger charge is -2.29. The zero-order valence-corrected chi connectivity index (χ0v) is 10.7. The zero-order chi connectivity index (χ0) is 12.9. The molecular formula is C13H20N2O2. The lowest BCUT2D eigenvalue weighted by Crippen LogP contribution is -2.46. The number of aromatic nitrogens is 1. The van der Waals surface area contributed by atoms with Crippen molar-refractivity contribution in [2.75, 3.05) is 6.61 Å². The Balaban J connectivity index is 2.77. The first-order valence-electron chi connectivity index (χ1n) is 5.87. The Morgan fingerprint density at radius 2 is 2.29 bits per heavy atom. The number of nitrogens with one attached hydrogen (secondary N) is 1. The Bertz CT molecular complexity index is 393. The van der Waals surface area contributed by atoms with Crippen molar-refractivity contribution in [3.8, 4) is 0 Å². The van der Waals surface area contributed by atoms with Gasteiger partial charge in [0.2, 0.25) is 0 Å². The molecule has 1 amide bonds. The Hall–Kier alpha value is -1.42. The molecule has 1 unspecified atom stereocenters. The molecule has 0 aliphatic rings. The van der Waals surface area contributed by atoms with Crippen LogP contribution in [0.4, 0.5) is 0 Å². The van der Waals surface area contributed by atoms with E-state index in [1.807, 2.05) is 20.8 Å². The van der Waals surface area contributed by atoms with Crippen LogP contribution in [-0.4, -0.2) is 28.1 Å². The first kappa shape index (κ1) is 13.6. The van der Waals surface area contributed by atoms with Gasteiger partial charge in [0.25, 0.3) is 5.91 Å². The molecule has 0 aliphatic heterocycles. The molecule has 4 heteroatoms. The van der Waals surface area contributed by atoms with Gasteiger partial charge in [0, 0.05) is 29.6 Å².